The molecule has 152 valence electrons. The summed E-state index contributed by atoms with van der Waals surface area (Å²) in [5.41, 5.74) is 16.5. The van der Waals surface area contributed by atoms with Crippen LogP contribution in [0.4, 0.5) is 0 Å². The fourth-order valence-electron chi connectivity index (χ4n) is 3.75. The van der Waals surface area contributed by atoms with Gasteiger partial charge in [-0.05, 0) is 22.3 Å². The van der Waals surface area contributed by atoms with Gasteiger partial charge >= 0.3 is 0 Å². The molecule has 2 fully saturated rings. The number of hydrogen-bond acceptors (Lipinski definition) is 4. The van der Waals surface area contributed by atoms with E-state index >= 15 is 0 Å². The van der Waals surface area contributed by atoms with Crippen molar-refractivity contribution in [2.24, 2.45) is 22.3 Å². The third-order valence-electron chi connectivity index (χ3n) is 5.70. The van der Waals surface area contributed by atoms with E-state index in [0.29, 0.717) is 13.1 Å². The van der Waals surface area contributed by atoms with Gasteiger partial charge in [0.15, 0.2) is 0 Å². The van der Waals surface area contributed by atoms with Crippen LogP contribution in [0.2, 0.25) is 0 Å². The first-order valence-corrected chi connectivity index (χ1v) is 10.1. The molecule has 2 aromatic rings. The molecule has 2 aliphatic heterocycles. The van der Waals surface area contributed by atoms with Crippen molar-refractivity contribution in [1.82, 2.24) is 0 Å². The zero-order chi connectivity index (χ0) is 20.4. The maximum Gasteiger partial charge on any atom is 0.0898 e. The van der Waals surface area contributed by atoms with Crippen molar-refractivity contribution in [2.45, 2.75) is 53.0 Å². The Morgan fingerprint density at radius 2 is 1.00 bits per heavy atom. The highest BCUT2D eigenvalue weighted by Gasteiger charge is 2.41. The summed E-state index contributed by atoms with van der Waals surface area (Å²) in [4.78, 5) is 0. The van der Waals surface area contributed by atoms with E-state index in [0.717, 1.165) is 13.2 Å². The van der Waals surface area contributed by atoms with E-state index in [-0.39, 0.29) is 23.0 Å². The first-order valence-electron chi connectivity index (χ1n) is 10.1. The normalized spacial score (nSPS) is 24.4. The Labute approximate surface area is 169 Å². The van der Waals surface area contributed by atoms with Gasteiger partial charge in [0, 0.05) is 23.9 Å². The van der Waals surface area contributed by atoms with Gasteiger partial charge in [-0.3, -0.25) is 0 Å². The lowest BCUT2D eigenvalue weighted by atomic mass is 9.79. The molecule has 0 aromatic heterocycles. The van der Waals surface area contributed by atoms with Crippen LogP contribution in [0.5, 0.6) is 0 Å². The minimum absolute atomic E-state index is 0.259. The van der Waals surface area contributed by atoms with Gasteiger partial charge in [0.25, 0.3) is 0 Å². The number of nitrogens with two attached hydrogens (primary N) is 2. The van der Waals surface area contributed by atoms with Crippen molar-refractivity contribution in [3.63, 3.8) is 0 Å². The summed E-state index contributed by atoms with van der Waals surface area (Å²) in [6.45, 7) is 11.9. The lowest BCUT2D eigenvalue weighted by Crippen LogP contribution is -2.40. The fourth-order valence-corrected chi connectivity index (χ4v) is 3.75. The first kappa shape index (κ1) is 21.0. The number of ether oxygens (including phenoxy) is 2. The smallest absolute Gasteiger partial charge is 0.0898 e. The third-order valence-corrected chi connectivity index (χ3v) is 5.70. The minimum atomic E-state index is 0.259. The van der Waals surface area contributed by atoms with Gasteiger partial charge in [0.05, 0.1) is 25.4 Å². The molecule has 0 saturated carbocycles. The highest BCUT2D eigenvalue weighted by atomic mass is 16.5. The summed E-state index contributed by atoms with van der Waals surface area (Å²) in [7, 11) is 0. The Bertz CT molecular complexity index is 699. The Morgan fingerprint density at radius 1 is 0.679 bits per heavy atom. The summed E-state index contributed by atoms with van der Waals surface area (Å²) >= 11 is 0. The maximum atomic E-state index is 5.57. The summed E-state index contributed by atoms with van der Waals surface area (Å²) in [5.74, 6) is 0. The van der Waals surface area contributed by atoms with Crippen LogP contribution >= 0.6 is 0 Å². The van der Waals surface area contributed by atoms with Gasteiger partial charge < -0.3 is 20.9 Å². The molecule has 2 atom stereocenters. The van der Waals surface area contributed by atoms with Gasteiger partial charge in [0.1, 0.15) is 0 Å². The van der Waals surface area contributed by atoms with E-state index < -0.39 is 0 Å². The zero-order valence-corrected chi connectivity index (χ0v) is 17.6. The van der Waals surface area contributed by atoms with Crippen molar-refractivity contribution < 1.29 is 9.47 Å². The molecule has 2 saturated heterocycles. The van der Waals surface area contributed by atoms with Crippen LogP contribution in [0.15, 0.2) is 48.5 Å². The van der Waals surface area contributed by atoms with Crippen molar-refractivity contribution >= 4 is 0 Å². The lowest BCUT2D eigenvalue weighted by molar-refractivity contribution is -0.172. The Balaban J connectivity index is 0.000000161. The molecule has 2 heterocycles. The van der Waals surface area contributed by atoms with Crippen LogP contribution in [0.25, 0.3) is 0 Å². The zero-order valence-electron chi connectivity index (χ0n) is 17.6. The van der Waals surface area contributed by atoms with Crippen LogP contribution in [-0.2, 0) is 22.6 Å². The van der Waals surface area contributed by atoms with Crippen LogP contribution in [0, 0.1) is 10.8 Å². The topological polar surface area (TPSA) is 70.5 Å². The average molecular weight is 383 g/mol. The van der Waals surface area contributed by atoms with Gasteiger partial charge in [-0.1, -0.05) is 76.2 Å². The molecule has 4 nitrogen and oxygen atoms in total. The van der Waals surface area contributed by atoms with Crippen LogP contribution in [0.3, 0.4) is 0 Å². The quantitative estimate of drug-likeness (QED) is 0.817. The molecule has 0 spiro atoms. The number of hydrogen-bond donors (Lipinski definition) is 2. The van der Waals surface area contributed by atoms with Crippen molar-refractivity contribution in [3.05, 3.63) is 70.8 Å². The standard InChI is InChI=1S/2C12H17NO/c2*1-12(2)8-14-11(12)10-5-3-9(7-13)4-6-10/h2*3-6,11H,7-8,13H2,1-2H3. The molecule has 0 bridgehead atoms. The molecule has 0 radical (unpaired) electrons. The highest BCUT2D eigenvalue weighted by Crippen LogP contribution is 2.46. The summed E-state index contributed by atoms with van der Waals surface area (Å²) in [6, 6.07) is 16.8. The van der Waals surface area contributed by atoms with Crippen LogP contribution < -0.4 is 11.5 Å². The molecular formula is C24H34N2O2. The molecule has 0 aliphatic carbocycles. The fraction of sp³-hybridized carbons (Fsp3) is 0.500. The second kappa shape index (κ2) is 8.34. The number of rotatable bonds is 4. The molecule has 4 heteroatoms. The minimum Gasteiger partial charge on any atom is -0.372 e. The Kier molecular flexibility index (Phi) is 6.25. The Morgan fingerprint density at radius 3 is 1.18 bits per heavy atom. The molecule has 4 rings (SSSR count). The molecule has 2 unspecified atom stereocenters. The maximum absolute atomic E-state index is 5.57. The molecular weight excluding hydrogens is 348 g/mol. The van der Waals surface area contributed by atoms with Crippen molar-refractivity contribution in [1.29, 1.82) is 0 Å². The van der Waals surface area contributed by atoms with Crippen LogP contribution in [-0.4, -0.2) is 13.2 Å². The largest absolute Gasteiger partial charge is 0.372 e. The lowest BCUT2D eigenvalue weighted by Gasteiger charge is -2.44. The Hall–Kier alpha value is -1.72. The predicted molar refractivity (Wildman–Crippen MR) is 114 cm³/mol. The van der Waals surface area contributed by atoms with Gasteiger partial charge in [0.2, 0.25) is 0 Å². The number of benzene rings is 2. The summed E-state index contributed by atoms with van der Waals surface area (Å²) in [5, 5.41) is 0. The SMILES string of the molecule is CC1(C)COC1c1ccc(CN)cc1.CC1(C)COC1c1ccc(CN)cc1. The third kappa shape index (κ3) is 4.47. The van der Waals surface area contributed by atoms with E-state index in [1.54, 1.807) is 0 Å². The van der Waals surface area contributed by atoms with Gasteiger partial charge in [-0.2, -0.15) is 0 Å². The van der Waals surface area contributed by atoms with E-state index in [4.69, 9.17) is 20.9 Å². The summed E-state index contributed by atoms with van der Waals surface area (Å²) < 4.78 is 11.1. The molecule has 28 heavy (non-hydrogen) atoms. The first-order chi connectivity index (χ1) is 13.3. The van der Waals surface area contributed by atoms with Crippen molar-refractivity contribution in [3.8, 4) is 0 Å². The molecule has 2 aromatic carbocycles. The molecule has 2 aliphatic rings. The van der Waals surface area contributed by atoms with E-state index in [1.165, 1.54) is 22.3 Å². The summed E-state index contributed by atoms with van der Waals surface area (Å²) in [6.07, 6.45) is 0.517. The predicted octanol–water partition coefficient (Wildman–Crippen LogP) is 4.49. The molecule has 0 amide bonds. The van der Waals surface area contributed by atoms with E-state index in [1.807, 2.05) is 0 Å². The van der Waals surface area contributed by atoms with E-state index in [2.05, 4.69) is 76.2 Å². The average Bonchev–Trinajstić information content (AvgIpc) is 2.68. The van der Waals surface area contributed by atoms with Gasteiger partial charge in [-0.15, -0.1) is 0 Å². The van der Waals surface area contributed by atoms with E-state index in [9.17, 15) is 0 Å². The second-order valence-electron chi connectivity index (χ2n) is 9.25. The monoisotopic (exact) mass is 382 g/mol. The molecule has 4 N–H and O–H groups in total. The van der Waals surface area contributed by atoms with Crippen molar-refractivity contribution in [2.75, 3.05) is 13.2 Å². The van der Waals surface area contributed by atoms with Gasteiger partial charge in [-0.25, -0.2) is 0 Å². The van der Waals surface area contributed by atoms with Crippen LogP contribution in [0.1, 0.15) is 62.2 Å². The highest BCUT2D eigenvalue weighted by molar-refractivity contribution is 5.27. The second-order valence-corrected chi connectivity index (χ2v) is 9.25.